The maximum Gasteiger partial charge on any atom is 0.155 e. The highest BCUT2D eigenvalue weighted by molar-refractivity contribution is 7.92. The second-order valence-corrected chi connectivity index (χ2v) is 8.90. The molecule has 0 aromatic carbocycles. The Kier molecular flexibility index (Phi) is 4.43. The summed E-state index contributed by atoms with van der Waals surface area (Å²) in [5.74, 6) is 0.720. The molecule has 0 radical (unpaired) electrons. The predicted octanol–water partition coefficient (Wildman–Crippen LogP) is 3.27. The quantitative estimate of drug-likeness (QED) is 0.731. The Hall–Kier alpha value is -0.0500. The van der Waals surface area contributed by atoms with Crippen LogP contribution in [0.2, 0.25) is 0 Å². The molecule has 0 saturated heterocycles. The van der Waals surface area contributed by atoms with Gasteiger partial charge >= 0.3 is 0 Å². The lowest BCUT2D eigenvalue weighted by molar-refractivity contribution is 0.206. The Morgan fingerprint density at radius 3 is 1.73 bits per heavy atom. The van der Waals surface area contributed by atoms with Gasteiger partial charge in [0, 0.05) is 5.75 Å². The molecule has 0 aliphatic heterocycles. The molecule has 0 unspecified atom stereocenters. The third-order valence-corrected chi connectivity index (χ3v) is 6.25. The van der Waals surface area contributed by atoms with Crippen LogP contribution in [0.3, 0.4) is 0 Å². The van der Waals surface area contributed by atoms with Crippen molar-refractivity contribution < 1.29 is 8.42 Å². The SMILES string of the molecule is CCS(=O)(=O)C(C)(C)CC(C)(C)C(C)C. The molecule has 0 bridgehead atoms. The molecule has 92 valence electrons. The van der Waals surface area contributed by atoms with Crippen LogP contribution < -0.4 is 0 Å². The lowest BCUT2D eigenvalue weighted by Gasteiger charge is -2.37. The minimum absolute atomic E-state index is 0.0613. The van der Waals surface area contributed by atoms with Crippen molar-refractivity contribution in [3.8, 4) is 0 Å². The minimum atomic E-state index is -2.96. The van der Waals surface area contributed by atoms with Crippen molar-refractivity contribution in [3.05, 3.63) is 0 Å². The molecule has 2 nitrogen and oxygen atoms in total. The maximum atomic E-state index is 11.9. The van der Waals surface area contributed by atoms with E-state index in [4.69, 9.17) is 0 Å². The Labute approximate surface area is 95.4 Å². The fraction of sp³-hybridized carbons (Fsp3) is 1.00. The van der Waals surface area contributed by atoms with Crippen LogP contribution in [0, 0.1) is 11.3 Å². The van der Waals surface area contributed by atoms with Gasteiger partial charge in [-0.3, -0.25) is 0 Å². The zero-order valence-corrected chi connectivity index (χ0v) is 12.0. The second kappa shape index (κ2) is 4.44. The van der Waals surface area contributed by atoms with Gasteiger partial charge in [0.2, 0.25) is 0 Å². The largest absolute Gasteiger partial charge is 0.228 e. The lowest BCUT2D eigenvalue weighted by Crippen LogP contribution is -2.39. The Balaban J connectivity index is 4.96. The standard InChI is InChI=1S/C12H26O2S/c1-8-15(13,14)12(6,7)9-11(4,5)10(2)3/h10H,8-9H2,1-7H3. The van der Waals surface area contributed by atoms with Gasteiger partial charge in [-0.1, -0.05) is 34.6 Å². The van der Waals surface area contributed by atoms with E-state index in [1.165, 1.54) is 0 Å². The number of sulfone groups is 1. The van der Waals surface area contributed by atoms with E-state index in [0.717, 1.165) is 0 Å². The van der Waals surface area contributed by atoms with Crippen LogP contribution in [-0.2, 0) is 9.84 Å². The smallest absolute Gasteiger partial charge is 0.155 e. The van der Waals surface area contributed by atoms with E-state index in [9.17, 15) is 8.42 Å². The molecule has 3 heteroatoms. The van der Waals surface area contributed by atoms with Crippen LogP contribution in [0.25, 0.3) is 0 Å². The highest BCUT2D eigenvalue weighted by atomic mass is 32.2. The van der Waals surface area contributed by atoms with E-state index >= 15 is 0 Å². The summed E-state index contributed by atoms with van der Waals surface area (Å²) in [7, 11) is -2.96. The number of hydrogen-bond donors (Lipinski definition) is 0. The molecule has 0 amide bonds. The molecule has 0 N–H and O–H groups in total. The minimum Gasteiger partial charge on any atom is -0.228 e. The zero-order valence-electron chi connectivity index (χ0n) is 11.2. The van der Waals surface area contributed by atoms with Crippen molar-refractivity contribution in [2.45, 2.75) is 59.6 Å². The van der Waals surface area contributed by atoms with Gasteiger partial charge in [0.05, 0.1) is 4.75 Å². The first-order valence-corrected chi connectivity index (χ1v) is 7.34. The Morgan fingerprint density at radius 1 is 1.07 bits per heavy atom. The normalized spacial score (nSPS) is 14.7. The van der Waals surface area contributed by atoms with Crippen LogP contribution in [0.4, 0.5) is 0 Å². The van der Waals surface area contributed by atoms with Crippen molar-refractivity contribution >= 4 is 9.84 Å². The Morgan fingerprint density at radius 2 is 1.47 bits per heavy atom. The van der Waals surface area contributed by atoms with Gasteiger partial charge in [-0.15, -0.1) is 0 Å². The molecule has 0 heterocycles. The first kappa shape index (κ1) is 14.9. The molecule has 0 rings (SSSR count). The first-order valence-electron chi connectivity index (χ1n) is 5.68. The van der Waals surface area contributed by atoms with Gasteiger partial charge < -0.3 is 0 Å². The molecular formula is C12H26O2S. The summed E-state index contributed by atoms with van der Waals surface area (Å²) in [6.45, 7) is 14.0. The summed E-state index contributed by atoms with van der Waals surface area (Å²) in [6.07, 6.45) is 0.716. The predicted molar refractivity (Wildman–Crippen MR) is 66.8 cm³/mol. The van der Waals surface area contributed by atoms with E-state index in [-0.39, 0.29) is 11.2 Å². The highest BCUT2D eigenvalue weighted by Crippen LogP contribution is 2.38. The summed E-state index contributed by atoms with van der Waals surface area (Å²) in [5.41, 5.74) is 0.0613. The molecular weight excluding hydrogens is 208 g/mol. The van der Waals surface area contributed by atoms with Crippen molar-refractivity contribution in [1.29, 1.82) is 0 Å². The van der Waals surface area contributed by atoms with Gasteiger partial charge in [-0.05, 0) is 31.6 Å². The summed E-state index contributed by atoms with van der Waals surface area (Å²) < 4.78 is 23.2. The van der Waals surface area contributed by atoms with Crippen molar-refractivity contribution in [3.63, 3.8) is 0 Å². The third kappa shape index (κ3) is 3.47. The van der Waals surface area contributed by atoms with Gasteiger partial charge in [0.15, 0.2) is 9.84 Å². The molecule has 0 aliphatic rings. The summed E-state index contributed by atoms with van der Waals surface area (Å²) in [5, 5.41) is 0. The van der Waals surface area contributed by atoms with Crippen LogP contribution in [0.15, 0.2) is 0 Å². The van der Waals surface area contributed by atoms with Gasteiger partial charge in [-0.25, -0.2) is 8.42 Å². The van der Waals surface area contributed by atoms with Crippen LogP contribution in [0.5, 0.6) is 0 Å². The number of rotatable bonds is 5. The fourth-order valence-corrected chi connectivity index (χ4v) is 3.18. The summed E-state index contributed by atoms with van der Waals surface area (Å²) >= 11 is 0. The zero-order chi connectivity index (χ0) is 12.5. The maximum absolute atomic E-state index is 11.9. The molecule has 0 aromatic heterocycles. The second-order valence-electron chi connectivity index (χ2n) is 5.98. The first-order chi connectivity index (χ1) is 6.46. The average molecular weight is 234 g/mol. The molecule has 0 aliphatic carbocycles. The van der Waals surface area contributed by atoms with Gasteiger partial charge in [0.25, 0.3) is 0 Å². The molecule has 0 atom stereocenters. The van der Waals surface area contributed by atoms with Crippen LogP contribution >= 0.6 is 0 Å². The molecule has 0 fully saturated rings. The van der Waals surface area contributed by atoms with Crippen molar-refractivity contribution in [2.75, 3.05) is 5.75 Å². The third-order valence-electron chi connectivity index (χ3n) is 3.67. The van der Waals surface area contributed by atoms with Crippen molar-refractivity contribution in [2.24, 2.45) is 11.3 Å². The highest BCUT2D eigenvalue weighted by Gasteiger charge is 2.39. The van der Waals surface area contributed by atoms with E-state index in [1.54, 1.807) is 6.92 Å². The lowest BCUT2D eigenvalue weighted by atomic mass is 9.75. The average Bonchev–Trinajstić information content (AvgIpc) is 2.01. The van der Waals surface area contributed by atoms with E-state index in [0.29, 0.717) is 12.3 Å². The Bertz CT molecular complexity index is 298. The number of hydrogen-bond acceptors (Lipinski definition) is 2. The monoisotopic (exact) mass is 234 g/mol. The van der Waals surface area contributed by atoms with Crippen LogP contribution in [-0.4, -0.2) is 18.9 Å². The summed E-state index contributed by atoms with van der Waals surface area (Å²) in [6, 6.07) is 0. The molecule has 0 spiro atoms. The van der Waals surface area contributed by atoms with E-state index in [2.05, 4.69) is 27.7 Å². The molecule has 0 aromatic rings. The summed E-state index contributed by atoms with van der Waals surface area (Å²) in [4.78, 5) is 0. The molecule has 0 saturated carbocycles. The molecule has 15 heavy (non-hydrogen) atoms. The topological polar surface area (TPSA) is 34.1 Å². The van der Waals surface area contributed by atoms with Crippen LogP contribution in [0.1, 0.15) is 54.9 Å². The van der Waals surface area contributed by atoms with Crippen molar-refractivity contribution in [1.82, 2.24) is 0 Å². The van der Waals surface area contributed by atoms with E-state index in [1.807, 2.05) is 13.8 Å². The van der Waals surface area contributed by atoms with Gasteiger partial charge in [-0.2, -0.15) is 0 Å². The fourth-order valence-electron chi connectivity index (χ4n) is 1.80. The van der Waals surface area contributed by atoms with E-state index < -0.39 is 14.6 Å². The van der Waals surface area contributed by atoms with Gasteiger partial charge in [0.1, 0.15) is 0 Å².